The average molecular weight is 316 g/mol. The standard InChI is InChI=1S/C14H18ClNO3S/c1-2-3-12(14(18)19)16-13(17)8-9-20-11-6-4-10(15)5-7-11/h4-7,12H,2-3,8-9H2,1H3,(H,16,17)(H,18,19)/t12-/m0/s1. The number of benzene rings is 1. The second kappa shape index (κ2) is 8.87. The molecule has 0 saturated carbocycles. The smallest absolute Gasteiger partial charge is 0.326 e. The maximum Gasteiger partial charge on any atom is 0.326 e. The number of carbonyl (C=O) groups is 2. The van der Waals surface area contributed by atoms with Gasteiger partial charge in [0.15, 0.2) is 0 Å². The van der Waals surface area contributed by atoms with E-state index in [1.807, 2.05) is 19.1 Å². The van der Waals surface area contributed by atoms with Crippen molar-refractivity contribution in [1.29, 1.82) is 0 Å². The number of rotatable bonds is 8. The van der Waals surface area contributed by atoms with Crippen molar-refractivity contribution in [2.45, 2.75) is 37.1 Å². The van der Waals surface area contributed by atoms with Gasteiger partial charge in [0.25, 0.3) is 0 Å². The molecule has 1 aromatic carbocycles. The molecule has 2 N–H and O–H groups in total. The van der Waals surface area contributed by atoms with Crippen LogP contribution in [-0.2, 0) is 9.59 Å². The fourth-order valence-corrected chi connectivity index (χ4v) is 2.58. The van der Waals surface area contributed by atoms with E-state index in [-0.39, 0.29) is 5.91 Å². The summed E-state index contributed by atoms with van der Waals surface area (Å²) in [7, 11) is 0. The van der Waals surface area contributed by atoms with Gasteiger partial charge in [-0.2, -0.15) is 0 Å². The number of carbonyl (C=O) groups excluding carboxylic acids is 1. The van der Waals surface area contributed by atoms with Gasteiger partial charge in [-0.15, -0.1) is 11.8 Å². The predicted octanol–water partition coefficient (Wildman–Crippen LogP) is 3.19. The summed E-state index contributed by atoms with van der Waals surface area (Å²) >= 11 is 7.32. The summed E-state index contributed by atoms with van der Waals surface area (Å²) < 4.78 is 0. The van der Waals surface area contributed by atoms with Crippen LogP contribution in [0.15, 0.2) is 29.2 Å². The molecule has 6 heteroatoms. The molecule has 0 aliphatic carbocycles. The Bertz CT molecular complexity index is 450. The number of thioether (sulfide) groups is 1. The zero-order chi connectivity index (χ0) is 15.0. The molecule has 0 fully saturated rings. The second-order valence-corrected chi connectivity index (χ2v) is 5.90. The summed E-state index contributed by atoms with van der Waals surface area (Å²) in [6, 6.07) is 6.59. The summed E-state index contributed by atoms with van der Waals surface area (Å²) in [4.78, 5) is 23.6. The topological polar surface area (TPSA) is 66.4 Å². The highest BCUT2D eigenvalue weighted by atomic mass is 35.5. The number of amides is 1. The number of nitrogens with one attached hydrogen (secondary N) is 1. The van der Waals surface area contributed by atoms with Gasteiger partial charge in [0.2, 0.25) is 5.91 Å². The molecule has 0 aliphatic rings. The molecule has 1 aromatic rings. The Labute approximate surface area is 127 Å². The first-order chi connectivity index (χ1) is 9.52. The highest BCUT2D eigenvalue weighted by molar-refractivity contribution is 7.99. The third-order valence-corrected chi connectivity index (χ3v) is 3.89. The molecule has 110 valence electrons. The molecule has 4 nitrogen and oxygen atoms in total. The summed E-state index contributed by atoms with van der Waals surface area (Å²) in [5, 5.41) is 12.2. The monoisotopic (exact) mass is 315 g/mol. The lowest BCUT2D eigenvalue weighted by atomic mass is 10.1. The van der Waals surface area contributed by atoms with Gasteiger partial charge < -0.3 is 10.4 Å². The van der Waals surface area contributed by atoms with Gasteiger partial charge in [-0.25, -0.2) is 4.79 Å². The van der Waals surface area contributed by atoms with Crippen molar-refractivity contribution in [3.05, 3.63) is 29.3 Å². The van der Waals surface area contributed by atoms with Crippen molar-refractivity contribution in [2.24, 2.45) is 0 Å². The van der Waals surface area contributed by atoms with Gasteiger partial charge >= 0.3 is 5.97 Å². The van der Waals surface area contributed by atoms with E-state index in [1.54, 1.807) is 12.1 Å². The molecule has 1 amide bonds. The fourth-order valence-electron chi connectivity index (χ4n) is 1.60. The van der Waals surface area contributed by atoms with Crippen LogP contribution in [0.25, 0.3) is 0 Å². The Morgan fingerprint density at radius 2 is 2.00 bits per heavy atom. The third kappa shape index (κ3) is 6.30. The predicted molar refractivity (Wildman–Crippen MR) is 81.3 cm³/mol. The van der Waals surface area contributed by atoms with Crippen LogP contribution in [0.4, 0.5) is 0 Å². The number of carboxylic acids is 1. The largest absolute Gasteiger partial charge is 0.480 e. The highest BCUT2D eigenvalue weighted by Gasteiger charge is 2.18. The SMILES string of the molecule is CCC[C@H](NC(=O)CCSc1ccc(Cl)cc1)C(=O)O. The maximum absolute atomic E-state index is 11.7. The van der Waals surface area contributed by atoms with Crippen LogP contribution < -0.4 is 5.32 Å². The zero-order valence-electron chi connectivity index (χ0n) is 11.3. The Morgan fingerprint density at radius 1 is 1.35 bits per heavy atom. The van der Waals surface area contributed by atoms with E-state index < -0.39 is 12.0 Å². The highest BCUT2D eigenvalue weighted by Crippen LogP contribution is 2.20. The van der Waals surface area contributed by atoms with Gasteiger partial charge in [-0.1, -0.05) is 24.9 Å². The van der Waals surface area contributed by atoms with Crippen LogP contribution >= 0.6 is 23.4 Å². The molecule has 0 aliphatic heterocycles. The minimum atomic E-state index is -0.981. The summed E-state index contributed by atoms with van der Waals surface area (Å²) in [6.45, 7) is 1.89. The molecule has 0 radical (unpaired) electrons. The number of hydrogen-bond acceptors (Lipinski definition) is 3. The van der Waals surface area contributed by atoms with Crippen LogP contribution in [0, 0.1) is 0 Å². The summed E-state index contributed by atoms with van der Waals surface area (Å²) in [6.07, 6.45) is 1.46. The minimum Gasteiger partial charge on any atom is -0.480 e. The van der Waals surface area contributed by atoms with Crippen molar-refractivity contribution < 1.29 is 14.7 Å². The molecule has 0 unspecified atom stereocenters. The summed E-state index contributed by atoms with van der Waals surface area (Å²) in [5.74, 6) is -0.607. The van der Waals surface area contributed by atoms with Crippen LogP contribution in [0.5, 0.6) is 0 Å². The molecule has 0 spiro atoms. The number of halogens is 1. The van der Waals surface area contributed by atoms with Gasteiger partial charge in [0.1, 0.15) is 6.04 Å². The number of carboxylic acid groups (broad SMARTS) is 1. The Hall–Kier alpha value is -1.20. The molecule has 0 bridgehead atoms. The fraction of sp³-hybridized carbons (Fsp3) is 0.429. The van der Waals surface area contributed by atoms with Gasteiger partial charge in [0.05, 0.1) is 0 Å². The molecule has 0 heterocycles. The first-order valence-corrected chi connectivity index (χ1v) is 7.79. The molecule has 20 heavy (non-hydrogen) atoms. The van der Waals surface area contributed by atoms with Gasteiger partial charge in [0, 0.05) is 22.1 Å². The van der Waals surface area contributed by atoms with Crippen molar-refractivity contribution in [3.63, 3.8) is 0 Å². The third-order valence-electron chi connectivity index (χ3n) is 2.62. The van der Waals surface area contributed by atoms with Crippen molar-refractivity contribution in [1.82, 2.24) is 5.32 Å². The molecule has 0 aromatic heterocycles. The van der Waals surface area contributed by atoms with E-state index in [0.717, 1.165) is 11.3 Å². The quantitative estimate of drug-likeness (QED) is 0.723. The van der Waals surface area contributed by atoms with Crippen LogP contribution in [-0.4, -0.2) is 28.8 Å². The Kier molecular flexibility index (Phi) is 7.47. The van der Waals surface area contributed by atoms with Crippen LogP contribution in [0.2, 0.25) is 5.02 Å². The Morgan fingerprint density at radius 3 is 2.55 bits per heavy atom. The summed E-state index contributed by atoms with van der Waals surface area (Å²) in [5.41, 5.74) is 0. The maximum atomic E-state index is 11.7. The van der Waals surface area contributed by atoms with Crippen molar-refractivity contribution >= 4 is 35.2 Å². The molecular weight excluding hydrogens is 298 g/mol. The second-order valence-electron chi connectivity index (χ2n) is 4.30. The molecule has 0 saturated heterocycles. The van der Waals surface area contributed by atoms with E-state index >= 15 is 0 Å². The minimum absolute atomic E-state index is 0.229. The first-order valence-electron chi connectivity index (χ1n) is 6.43. The van der Waals surface area contributed by atoms with E-state index in [1.165, 1.54) is 11.8 Å². The zero-order valence-corrected chi connectivity index (χ0v) is 12.8. The Balaban J connectivity index is 2.32. The molecule has 1 atom stereocenters. The average Bonchev–Trinajstić information content (AvgIpc) is 2.40. The molecule has 1 rings (SSSR count). The number of aliphatic carboxylic acids is 1. The molecular formula is C14H18ClNO3S. The van der Waals surface area contributed by atoms with E-state index in [0.29, 0.717) is 23.6 Å². The lowest BCUT2D eigenvalue weighted by Crippen LogP contribution is -2.40. The first kappa shape index (κ1) is 16.9. The van der Waals surface area contributed by atoms with E-state index in [9.17, 15) is 9.59 Å². The lowest BCUT2D eigenvalue weighted by Gasteiger charge is -2.13. The van der Waals surface area contributed by atoms with Crippen molar-refractivity contribution in [3.8, 4) is 0 Å². The van der Waals surface area contributed by atoms with Gasteiger partial charge in [-0.3, -0.25) is 4.79 Å². The van der Waals surface area contributed by atoms with Gasteiger partial charge in [-0.05, 0) is 30.7 Å². The number of hydrogen-bond donors (Lipinski definition) is 2. The van der Waals surface area contributed by atoms with Crippen LogP contribution in [0.3, 0.4) is 0 Å². The normalized spacial score (nSPS) is 11.9. The lowest BCUT2D eigenvalue weighted by molar-refractivity contribution is -0.142. The van der Waals surface area contributed by atoms with E-state index in [4.69, 9.17) is 16.7 Å². The van der Waals surface area contributed by atoms with Crippen molar-refractivity contribution in [2.75, 3.05) is 5.75 Å². The van der Waals surface area contributed by atoms with E-state index in [2.05, 4.69) is 5.32 Å². The van der Waals surface area contributed by atoms with Crippen LogP contribution in [0.1, 0.15) is 26.2 Å².